The Morgan fingerprint density at radius 3 is 2.83 bits per heavy atom. The van der Waals surface area contributed by atoms with Crippen molar-refractivity contribution < 1.29 is 9.21 Å². The van der Waals surface area contributed by atoms with E-state index in [1.807, 2.05) is 0 Å². The Labute approximate surface area is 39.4 Å². The molecule has 6 heavy (non-hydrogen) atoms. The van der Waals surface area contributed by atoms with Gasteiger partial charge in [0.05, 0.1) is 4.91 Å². The summed E-state index contributed by atoms with van der Waals surface area (Å²) in [5, 5.41) is 0. The Balaban J connectivity index is 2.37. The highest BCUT2D eigenvalue weighted by Crippen LogP contribution is 2.08. The smallest absolute Gasteiger partial charge is 0.152 e. The van der Waals surface area contributed by atoms with Gasteiger partial charge in [-0.05, 0) is 0 Å². The Kier molecular flexibility index (Phi) is 0.959. The van der Waals surface area contributed by atoms with Gasteiger partial charge in [-0.15, -0.1) is 0 Å². The van der Waals surface area contributed by atoms with Gasteiger partial charge in [-0.1, -0.05) is 0 Å². The first-order valence-corrected chi connectivity index (χ1v) is 2.55. The molecule has 0 N–H and O–H groups in total. The van der Waals surface area contributed by atoms with Crippen LogP contribution in [0.15, 0.2) is 0 Å². The molecule has 0 spiro atoms. The van der Waals surface area contributed by atoms with E-state index >= 15 is 0 Å². The lowest BCUT2D eigenvalue weighted by atomic mass is 10.8. The number of hydrogen-bond acceptors (Lipinski definition) is 3. The third-order valence-corrected chi connectivity index (χ3v) is 1.11. The summed E-state index contributed by atoms with van der Waals surface area (Å²) in [6.45, 7) is 0.505. The topological polar surface area (TPSA) is 29.3 Å². The molecule has 1 fully saturated rings. The summed E-state index contributed by atoms with van der Waals surface area (Å²) in [7, 11) is 0. The summed E-state index contributed by atoms with van der Waals surface area (Å²) in [5.74, 6) is 0.795. The van der Waals surface area contributed by atoms with Crippen molar-refractivity contribution in [3.63, 3.8) is 0 Å². The lowest BCUT2D eigenvalue weighted by molar-refractivity contribution is -0.746. The molecule has 0 amide bonds. The second-order valence-electron chi connectivity index (χ2n) is 0.953. The maximum Gasteiger partial charge on any atom is 0.262 e. The van der Waals surface area contributed by atoms with Crippen LogP contribution >= 0.6 is 12.0 Å². The Hall–Kier alpha value is -0.250. The molecule has 1 aliphatic heterocycles. The van der Waals surface area contributed by atoms with Crippen molar-refractivity contribution in [2.24, 2.45) is 0 Å². The van der Waals surface area contributed by atoms with E-state index in [1.54, 1.807) is 0 Å². The van der Waals surface area contributed by atoms with E-state index in [0.29, 0.717) is 11.5 Å². The van der Waals surface area contributed by atoms with Gasteiger partial charge in [-0.3, -0.25) is 0 Å². The molecule has 0 bridgehead atoms. The first-order valence-electron chi connectivity index (χ1n) is 1.64. The van der Waals surface area contributed by atoms with E-state index in [0.717, 1.165) is 5.75 Å². The minimum atomic E-state index is 0.505. The highest BCUT2D eigenvalue weighted by molar-refractivity contribution is 7.94. The number of nitrogens with zero attached hydrogens (tertiary/aromatic N) is 1. The predicted octanol–water partition coefficient (Wildman–Crippen LogP) is 0.359. The second-order valence-corrected chi connectivity index (χ2v) is 1.75. The van der Waals surface area contributed by atoms with Gasteiger partial charge in [-0.2, -0.15) is 4.28 Å². The first-order chi connectivity index (χ1) is 2.89. The molecule has 0 aromatic rings. The lowest BCUT2D eigenvalue weighted by Gasteiger charge is -1.65. The van der Waals surface area contributed by atoms with Crippen LogP contribution < -0.4 is 0 Å². The molecule has 1 rings (SSSR count). The van der Waals surface area contributed by atoms with Crippen molar-refractivity contribution in [3.05, 3.63) is 4.91 Å². The van der Waals surface area contributed by atoms with Gasteiger partial charge in [0.1, 0.15) is 17.8 Å². The van der Waals surface area contributed by atoms with Crippen LogP contribution in [0.25, 0.3) is 0 Å². The largest absolute Gasteiger partial charge is 0.262 e. The zero-order chi connectivity index (χ0) is 4.41. The molecular formula is C2H4NO2S+. The SMILES string of the molecule is O=[N+]1CCSO1. The van der Waals surface area contributed by atoms with Crippen LogP contribution in [-0.2, 0) is 4.28 Å². The average molecular weight is 106 g/mol. The van der Waals surface area contributed by atoms with Gasteiger partial charge in [0, 0.05) is 0 Å². The van der Waals surface area contributed by atoms with Crippen molar-refractivity contribution in [2.45, 2.75) is 0 Å². The van der Waals surface area contributed by atoms with Crippen LogP contribution in [-0.4, -0.2) is 17.2 Å². The summed E-state index contributed by atoms with van der Waals surface area (Å²) in [6.07, 6.45) is 0. The molecular weight excluding hydrogens is 102 g/mol. The molecule has 1 heterocycles. The Morgan fingerprint density at radius 1 is 1.83 bits per heavy atom. The minimum absolute atomic E-state index is 0.505. The van der Waals surface area contributed by atoms with Crippen molar-refractivity contribution in [1.82, 2.24) is 0 Å². The quantitative estimate of drug-likeness (QED) is 0.417. The maximum absolute atomic E-state index is 9.92. The van der Waals surface area contributed by atoms with E-state index in [1.165, 1.54) is 12.0 Å². The van der Waals surface area contributed by atoms with E-state index in [-0.39, 0.29) is 0 Å². The van der Waals surface area contributed by atoms with Crippen LogP contribution in [0, 0.1) is 4.91 Å². The van der Waals surface area contributed by atoms with Gasteiger partial charge < -0.3 is 0 Å². The lowest BCUT2D eigenvalue weighted by Crippen LogP contribution is -1.96. The van der Waals surface area contributed by atoms with E-state index < -0.39 is 0 Å². The zero-order valence-electron chi connectivity index (χ0n) is 3.09. The summed E-state index contributed by atoms with van der Waals surface area (Å²) in [6, 6.07) is 0. The summed E-state index contributed by atoms with van der Waals surface area (Å²) < 4.78 is 4.35. The summed E-state index contributed by atoms with van der Waals surface area (Å²) >= 11 is 1.20. The van der Waals surface area contributed by atoms with Gasteiger partial charge in [0.25, 0.3) is 6.54 Å². The normalized spacial score (nSPS) is 21.0. The zero-order valence-corrected chi connectivity index (χ0v) is 3.90. The van der Waals surface area contributed by atoms with Crippen molar-refractivity contribution >= 4 is 12.0 Å². The van der Waals surface area contributed by atoms with E-state index in [4.69, 9.17) is 0 Å². The molecule has 0 unspecified atom stereocenters. The van der Waals surface area contributed by atoms with Crippen molar-refractivity contribution in [1.29, 1.82) is 0 Å². The third-order valence-electron chi connectivity index (χ3n) is 0.493. The van der Waals surface area contributed by atoms with Crippen molar-refractivity contribution in [3.8, 4) is 0 Å². The number of hydrogen-bond donors (Lipinski definition) is 0. The van der Waals surface area contributed by atoms with Crippen LogP contribution in [0.2, 0.25) is 0 Å². The summed E-state index contributed by atoms with van der Waals surface area (Å²) in [4.78, 5) is 10.5. The van der Waals surface area contributed by atoms with E-state index in [2.05, 4.69) is 4.28 Å². The fraction of sp³-hybridized carbons (Fsp3) is 1.00. The van der Waals surface area contributed by atoms with Gasteiger partial charge in [-0.25, -0.2) is 0 Å². The van der Waals surface area contributed by atoms with Crippen LogP contribution in [0.3, 0.4) is 0 Å². The van der Waals surface area contributed by atoms with Crippen LogP contribution in [0.5, 0.6) is 0 Å². The number of rotatable bonds is 0. The predicted molar refractivity (Wildman–Crippen MR) is 22.0 cm³/mol. The van der Waals surface area contributed by atoms with Crippen molar-refractivity contribution in [2.75, 3.05) is 12.3 Å². The highest BCUT2D eigenvalue weighted by atomic mass is 32.2. The van der Waals surface area contributed by atoms with Gasteiger partial charge in [0.2, 0.25) is 4.92 Å². The Bertz CT molecular complexity index is 65.9. The van der Waals surface area contributed by atoms with Gasteiger partial charge >= 0.3 is 0 Å². The molecule has 0 atom stereocenters. The van der Waals surface area contributed by atoms with Crippen LogP contribution in [0.4, 0.5) is 0 Å². The average Bonchev–Trinajstić information content (AvgIpc) is 1.86. The fourth-order valence-corrected chi connectivity index (χ4v) is 0.735. The highest BCUT2D eigenvalue weighted by Gasteiger charge is 2.19. The fourth-order valence-electron chi connectivity index (χ4n) is 0.245. The molecule has 4 heteroatoms. The van der Waals surface area contributed by atoms with Crippen LogP contribution in [0.1, 0.15) is 0 Å². The summed E-state index contributed by atoms with van der Waals surface area (Å²) in [5.41, 5.74) is 0. The molecule has 34 valence electrons. The molecule has 0 radical (unpaired) electrons. The molecule has 0 aliphatic carbocycles. The maximum atomic E-state index is 9.92. The van der Waals surface area contributed by atoms with Gasteiger partial charge in [0.15, 0.2) is 0 Å². The molecule has 0 aromatic carbocycles. The molecule has 3 nitrogen and oxygen atoms in total. The molecule has 1 aliphatic rings. The standard InChI is InChI=1S/C2H4NO2S/c4-3-1-2-6-5-3/h1-2H2/q+1. The third kappa shape index (κ3) is 0.622. The molecule has 0 aromatic heterocycles. The second kappa shape index (κ2) is 1.47. The molecule has 0 saturated carbocycles. The Morgan fingerprint density at radius 2 is 2.67 bits per heavy atom. The monoisotopic (exact) mass is 106 g/mol. The molecule has 1 saturated heterocycles. The minimum Gasteiger partial charge on any atom is -0.152 e. The van der Waals surface area contributed by atoms with E-state index in [9.17, 15) is 4.91 Å². The first kappa shape index (κ1) is 3.92.